The molecule has 7 heteroatoms. The number of hydrogen-bond acceptors (Lipinski definition) is 4. The fourth-order valence-electron chi connectivity index (χ4n) is 3.62. The van der Waals surface area contributed by atoms with Gasteiger partial charge in [-0.3, -0.25) is 0 Å². The van der Waals surface area contributed by atoms with Gasteiger partial charge in [0.25, 0.3) is 0 Å². The standard InChI is InChI=1S/C21H26ClNO4S/c1-3-16-4-7-18(8-5-16)28(24,25)23-15-21(10-12-27-13-11-21)19-14-17(22)6-9-20(19)26-2/h4-9,14,23H,3,10-13,15H2,1-2H3. The van der Waals surface area contributed by atoms with Gasteiger partial charge in [-0.25, -0.2) is 13.1 Å². The predicted molar refractivity (Wildman–Crippen MR) is 111 cm³/mol. The molecule has 0 bridgehead atoms. The summed E-state index contributed by atoms with van der Waals surface area (Å²) < 4.78 is 39.6. The highest BCUT2D eigenvalue weighted by molar-refractivity contribution is 7.89. The van der Waals surface area contributed by atoms with Gasteiger partial charge in [-0.15, -0.1) is 0 Å². The van der Waals surface area contributed by atoms with Crippen molar-refractivity contribution in [2.45, 2.75) is 36.5 Å². The van der Waals surface area contributed by atoms with Gasteiger partial charge >= 0.3 is 0 Å². The first-order valence-electron chi connectivity index (χ1n) is 9.40. The van der Waals surface area contributed by atoms with Crippen molar-refractivity contribution in [1.29, 1.82) is 0 Å². The van der Waals surface area contributed by atoms with Gasteiger partial charge in [0.1, 0.15) is 5.75 Å². The van der Waals surface area contributed by atoms with Crippen LogP contribution in [0.4, 0.5) is 0 Å². The van der Waals surface area contributed by atoms with E-state index in [0.717, 1.165) is 17.5 Å². The van der Waals surface area contributed by atoms with Gasteiger partial charge in [-0.2, -0.15) is 0 Å². The van der Waals surface area contributed by atoms with Crippen molar-refractivity contribution in [2.75, 3.05) is 26.9 Å². The van der Waals surface area contributed by atoms with Crippen molar-refractivity contribution in [3.63, 3.8) is 0 Å². The summed E-state index contributed by atoms with van der Waals surface area (Å²) in [6, 6.07) is 12.5. The van der Waals surface area contributed by atoms with Gasteiger partial charge in [0, 0.05) is 35.8 Å². The first kappa shape index (κ1) is 21.1. The number of methoxy groups -OCH3 is 1. The lowest BCUT2D eigenvalue weighted by Gasteiger charge is -2.38. The van der Waals surface area contributed by atoms with Crippen LogP contribution >= 0.6 is 11.6 Å². The van der Waals surface area contributed by atoms with Crippen molar-refractivity contribution in [3.8, 4) is 5.75 Å². The lowest BCUT2D eigenvalue weighted by atomic mass is 9.74. The SMILES string of the molecule is CCc1ccc(S(=O)(=O)NCC2(c3cc(Cl)ccc3OC)CCOCC2)cc1. The molecule has 0 amide bonds. The molecule has 1 aliphatic heterocycles. The fraction of sp³-hybridized carbons (Fsp3) is 0.429. The molecule has 1 heterocycles. The molecule has 0 saturated carbocycles. The van der Waals surface area contributed by atoms with Gasteiger partial charge < -0.3 is 9.47 Å². The monoisotopic (exact) mass is 423 g/mol. The van der Waals surface area contributed by atoms with E-state index < -0.39 is 15.4 Å². The van der Waals surface area contributed by atoms with Crippen molar-refractivity contribution in [3.05, 3.63) is 58.6 Å². The lowest BCUT2D eigenvalue weighted by Crippen LogP contribution is -2.44. The van der Waals surface area contributed by atoms with Gasteiger partial charge in [0.2, 0.25) is 10.0 Å². The van der Waals surface area contributed by atoms with E-state index in [9.17, 15) is 8.42 Å². The number of nitrogens with one attached hydrogen (secondary N) is 1. The summed E-state index contributed by atoms with van der Waals surface area (Å²) in [6.45, 7) is 3.41. The second-order valence-corrected chi connectivity index (χ2v) is 9.26. The van der Waals surface area contributed by atoms with E-state index in [1.165, 1.54) is 0 Å². The van der Waals surface area contributed by atoms with Crippen molar-refractivity contribution < 1.29 is 17.9 Å². The van der Waals surface area contributed by atoms with E-state index in [4.69, 9.17) is 21.1 Å². The van der Waals surface area contributed by atoms with Crippen LogP contribution in [0.1, 0.15) is 30.9 Å². The maximum Gasteiger partial charge on any atom is 0.240 e. The third-order valence-electron chi connectivity index (χ3n) is 5.43. The van der Waals surface area contributed by atoms with Gasteiger partial charge in [-0.05, 0) is 55.2 Å². The molecule has 1 aliphatic rings. The molecule has 152 valence electrons. The summed E-state index contributed by atoms with van der Waals surface area (Å²) in [7, 11) is -2.01. The maximum atomic E-state index is 12.9. The molecular formula is C21H26ClNO4S. The van der Waals surface area contributed by atoms with Crippen LogP contribution in [0, 0.1) is 0 Å². The Morgan fingerprint density at radius 3 is 2.43 bits per heavy atom. The number of benzene rings is 2. The Morgan fingerprint density at radius 2 is 1.82 bits per heavy atom. The van der Waals surface area contributed by atoms with Gasteiger partial charge in [-0.1, -0.05) is 30.7 Å². The second-order valence-electron chi connectivity index (χ2n) is 7.06. The zero-order chi connectivity index (χ0) is 20.2. The van der Waals surface area contributed by atoms with E-state index in [2.05, 4.69) is 4.72 Å². The van der Waals surface area contributed by atoms with E-state index in [1.807, 2.05) is 31.2 Å². The molecule has 1 N–H and O–H groups in total. The van der Waals surface area contributed by atoms with Crippen LogP contribution in [0.15, 0.2) is 47.4 Å². The molecule has 1 fully saturated rings. The Bertz CT molecular complexity index is 907. The van der Waals surface area contributed by atoms with Crippen LogP contribution in [0.3, 0.4) is 0 Å². The van der Waals surface area contributed by atoms with Crippen LogP contribution in [-0.4, -0.2) is 35.3 Å². The highest BCUT2D eigenvalue weighted by atomic mass is 35.5. The first-order chi connectivity index (χ1) is 13.4. The number of aryl methyl sites for hydroxylation is 1. The van der Waals surface area contributed by atoms with Crippen molar-refractivity contribution in [2.24, 2.45) is 0 Å². The summed E-state index contributed by atoms with van der Waals surface area (Å²) in [4.78, 5) is 0.268. The van der Waals surface area contributed by atoms with Crippen LogP contribution < -0.4 is 9.46 Å². The van der Waals surface area contributed by atoms with Crippen molar-refractivity contribution in [1.82, 2.24) is 4.72 Å². The van der Waals surface area contributed by atoms with Crippen molar-refractivity contribution >= 4 is 21.6 Å². The molecule has 0 unspecified atom stereocenters. The Labute approximate surface area is 172 Å². The van der Waals surface area contributed by atoms with Crippen LogP contribution in [0.5, 0.6) is 5.75 Å². The average Bonchev–Trinajstić information content (AvgIpc) is 2.73. The summed E-state index contributed by atoms with van der Waals surface area (Å²) >= 11 is 6.24. The van der Waals surface area contributed by atoms with Crippen LogP contribution in [-0.2, 0) is 26.6 Å². The maximum absolute atomic E-state index is 12.9. The number of rotatable bonds is 7. The topological polar surface area (TPSA) is 64.6 Å². The van der Waals surface area contributed by atoms with Crippen LogP contribution in [0.2, 0.25) is 5.02 Å². The third-order valence-corrected chi connectivity index (χ3v) is 7.08. The fourth-order valence-corrected chi connectivity index (χ4v) is 4.92. The second kappa shape index (κ2) is 8.82. The Kier molecular flexibility index (Phi) is 6.65. The zero-order valence-corrected chi connectivity index (χ0v) is 17.8. The number of hydrogen-bond donors (Lipinski definition) is 1. The summed E-state index contributed by atoms with van der Waals surface area (Å²) in [5.41, 5.74) is 1.57. The predicted octanol–water partition coefficient (Wildman–Crippen LogP) is 3.94. The highest BCUT2D eigenvalue weighted by Crippen LogP contribution is 2.41. The molecular weight excluding hydrogens is 398 g/mol. The molecule has 5 nitrogen and oxygen atoms in total. The normalized spacial score (nSPS) is 16.7. The minimum atomic E-state index is -3.63. The molecule has 28 heavy (non-hydrogen) atoms. The summed E-state index contributed by atoms with van der Waals surface area (Å²) in [5.74, 6) is 0.706. The molecule has 0 radical (unpaired) electrons. The zero-order valence-electron chi connectivity index (χ0n) is 16.2. The van der Waals surface area contributed by atoms with Gasteiger partial charge in [0.15, 0.2) is 0 Å². The molecule has 1 saturated heterocycles. The Hall–Kier alpha value is -1.60. The molecule has 2 aromatic carbocycles. The lowest BCUT2D eigenvalue weighted by molar-refractivity contribution is 0.0509. The van der Waals surface area contributed by atoms with E-state index in [0.29, 0.717) is 36.8 Å². The number of sulfonamides is 1. The quantitative estimate of drug-likeness (QED) is 0.732. The Balaban J connectivity index is 1.90. The summed E-state index contributed by atoms with van der Waals surface area (Å²) in [6.07, 6.45) is 2.23. The minimum absolute atomic E-state index is 0.255. The Morgan fingerprint density at radius 1 is 1.14 bits per heavy atom. The average molecular weight is 424 g/mol. The summed E-state index contributed by atoms with van der Waals surface area (Å²) in [5, 5.41) is 0.597. The van der Waals surface area contributed by atoms with E-state index >= 15 is 0 Å². The molecule has 0 spiro atoms. The minimum Gasteiger partial charge on any atom is -0.496 e. The number of halogens is 1. The molecule has 0 aliphatic carbocycles. The first-order valence-corrected chi connectivity index (χ1v) is 11.3. The molecule has 2 aromatic rings. The van der Waals surface area contributed by atoms with Crippen LogP contribution in [0.25, 0.3) is 0 Å². The largest absolute Gasteiger partial charge is 0.496 e. The number of ether oxygens (including phenoxy) is 2. The third kappa shape index (κ3) is 4.51. The smallest absolute Gasteiger partial charge is 0.240 e. The van der Waals surface area contributed by atoms with E-state index in [-0.39, 0.29) is 11.4 Å². The molecule has 0 aromatic heterocycles. The van der Waals surface area contributed by atoms with E-state index in [1.54, 1.807) is 25.3 Å². The molecule has 0 atom stereocenters. The molecule has 3 rings (SSSR count). The van der Waals surface area contributed by atoms with Gasteiger partial charge in [0.05, 0.1) is 12.0 Å². The highest BCUT2D eigenvalue weighted by Gasteiger charge is 2.38.